The molecule has 124 valence electrons. The van der Waals surface area contributed by atoms with E-state index in [4.69, 9.17) is 14.7 Å². The first-order chi connectivity index (χ1) is 11.1. The van der Waals surface area contributed by atoms with Crippen LogP contribution in [0.3, 0.4) is 0 Å². The van der Waals surface area contributed by atoms with E-state index in [0.717, 1.165) is 12.0 Å². The molecule has 2 aliphatic heterocycles. The molecule has 1 saturated heterocycles. The summed E-state index contributed by atoms with van der Waals surface area (Å²) in [6, 6.07) is 4.87. The molecule has 2 aliphatic rings. The normalized spacial score (nSPS) is 23.7. The lowest BCUT2D eigenvalue weighted by molar-refractivity contribution is -0.138. The summed E-state index contributed by atoms with van der Waals surface area (Å²) in [5.41, 5.74) is 2.76. The molecule has 3 rings (SSSR count). The van der Waals surface area contributed by atoms with Gasteiger partial charge in [0, 0.05) is 24.3 Å². The molecule has 23 heavy (non-hydrogen) atoms. The molecule has 1 fully saturated rings. The summed E-state index contributed by atoms with van der Waals surface area (Å²) in [6.07, 6.45) is 0.755. The first kappa shape index (κ1) is 15.8. The van der Waals surface area contributed by atoms with Crippen LogP contribution in [-0.4, -0.2) is 47.8 Å². The highest BCUT2D eigenvalue weighted by Crippen LogP contribution is 2.28. The van der Waals surface area contributed by atoms with E-state index in [1.54, 1.807) is 23.7 Å². The largest absolute Gasteiger partial charge is 0.491 e. The Bertz CT molecular complexity index is 612. The molecule has 2 amide bonds. The van der Waals surface area contributed by atoms with Crippen LogP contribution in [-0.2, 0) is 16.1 Å². The van der Waals surface area contributed by atoms with Crippen LogP contribution in [0.5, 0.6) is 5.75 Å². The Kier molecular flexibility index (Phi) is 4.49. The van der Waals surface area contributed by atoms with Gasteiger partial charge in [-0.15, -0.1) is 0 Å². The minimum absolute atomic E-state index is 0.0642. The van der Waals surface area contributed by atoms with Crippen molar-refractivity contribution in [2.45, 2.75) is 25.9 Å². The van der Waals surface area contributed by atoms with E-state index in [9.17, 15) is 9.59 Å². The highest BCUT2D eigenvalue weighted by Gasteiger charge is 2.32. The van der Waals surface area contributed by atoms with Gasteiger partial charge >= 0.3 is 0 Å². The van der Waals surface area contributed by atoms with Gasteiger partial charge in [0.1, 0.15) is 12.4 Å². The van der Waals surface area contributed by atoms with Crippen LogP contribution in [0.2, 0.25) is 0 Å². The number of hydroxylamine groups is 1. The standard InChI is InChI=1S/C16H20N2O5/c1-10-8-23-14-6-11(15(19)17-21)2-3-12(14)7-18(10)16(20)13-4-5-22-9-13/h2-3,6,10,13,21H,4-5,7-9H2,1H3,(H,17,19)/t10?,13-/m1/s1. The minimum atomic E-state index is -0.593. The number of rotatable bonds is 2. The second-order valence-corrected chi connectivity index (χ2v) is 5.95. The maximum atomic E-state index is 12.7. The van der Waals surface area contributed by atoms with E-state index in [1.807, 2.05) is 11.8 Å². The number of benzene rings is 1. The summed E-state index contributed by atoms with van der Waals surface area (Å²) in [6.45, 7) is 3.85. The molecule has 0 spiro atoms. The fourth-order valence-corrected chi connectivity index (χ4v) is 2.92. The zero-order chi connectivity index (χ0) is 16.4. The van der Waals surface area contributed by atoms with Crippen molar-refractivity contribution in [3.8, 4) is 5.75 Å². The molecular weight excluding hydrogens is 300 g/mol. The molecule has 7 heteroatoms. The Morgan fingerprint density at radius 2 is 2.17 bits per heavy atom. The number of carbonyl (C=O) groups excluding carboxylic acids is 2. The Labute approximate surface area is 134 Å². The van der Waals surface area contributed by atoms with Crippen molar-refractivity contribution in [3.63, 3.8) is 0 Å². The molecule has 1 unspecified atom stereocenters. The van der Waals surface area contributed by atoms with E-state index in [2.05, 4.69) is 0 Å². The number of nitrogens with one attached hydrogen (secondary N) is 1. The fraction of sp³-hybridized carbons (Fsp3) is 0.500. The number of carbonyl (C=O) groups is 2. The van der Waals surface area contributed by atoms with Gasteiger partial charge in [-0.1, -0.05) is 6.07 Å². The number of nitrogens with zero attached hydrogens (tertiary/aromatic N) is 1. The summed E-state index contributed by atoms with van der Waals surface area (Å²) < 4.78 is 11.1. The Hall–Kier alpha value is -2.12. The predicted octanol–water partition coefficient (Wildman–Crippen LogP) is 0.952. The second kappa shape index (κ2) is 6.55. The smallest absolute Gasteiger partial charge is 0.274 e. The first-order valence-electron chi connectivity index (χ1n) is 7.68. The maximum Gasteiger partial charge on any atom is 0.274 e. The van der Waals surface area contributed by atoms with Gasteiger partial charge in [0.2, 0.25) is 5.91 Å². The minimum Gasteiger partial charge on any atom is -0.491 e. The third kappa shape index (κ3) is 3.16. The predicted molar refractivity (Wildman–Crippen MR) is 80.1 cm³/mol. The summed E-state index contributed by atoms with van der Waals surface area (Å²) in [5.74, 6) is -0.0253. The van der Waals surface area contributed by atoms with Crippen LogP contribution in [0.25, 0.3) is 0 Å². The van der Waals surface area contributed by atoms with Gasteiger partial charge in [0.05, 0.1) is 18.6 Å². The zero-order valence-electron chi connectivity index (χ0n) is 12.9. The van der Waals surface area contributed by atoms with Gasteiger partial charge in [0.15, 0.2) is 0 Å². The zero-order valence-corrected chi connectivity index (χ0v) is 12.9. The van der Waals surface area contributed by atoms with E-state index in [-0.39, 0.29) is 17.9 Å². The van der Waals surface area contributed by atoms with E-state index in [0.29, 0.717) is 37.7 Å². The fourth-order valence-electron chi connectivity index (χ4n) is 2.92. The Morgan fingerprint density at radius 3 is 2.87 bits per heavy atom. The van der Waals surface area contributed by atoms with E-state index >= 15 is 0 Å². The number of hydrogen-bond donors (Lipinski definition) is 2. The molecule has 0 aromatic heterocycles. The van der Waals surface area contributed by atoms with Crippen molar-refractivity contribution >= 4 is 11.8 Å². The molecule has 1 aromatic rings. The summed E-state index contributed by atoms with van der Waals surface area (Å²) in [4.78, 5) is 26.0. The topological polar surface area (TPSA) is 88.1 Å². The van der Waals surface area contributed by atoms with Gasteiger partial charge < -0.3 is 14.4 Å². The van der Waals surface area contributed by atoms with Gasteiger partial charge in [-0.2, -0.15) is 0 Å². The van der Waals surface area contributed by atoms with E-state index < -0.39 is 5.91 Å². The molecule has 2 N–H and O–H groups in total. The molecule has 1 aromatic carbocycles. The molecule has 0 saturated carbocycles. The summed E-state index contributed by atoms with van der Waals surface area (Å²) >= 11 is 0. The molecule has 0 radical (unpaired) electrons. The third-order valence-corrected chi connectivity index (χ3v) is 4.35. The van der Waals surface area contributed by atoms with E-state index in [1.165, 1.54) is 0 Å². The van der Waals surface area contributed by atoms with Gasteiger partial charge in [-0.25, -0.2) is 5.48 Å². The third-order valence-electron chi connectivity index (χ3n) is 4.35. The second-order valence-electron chi connectivity index (χ2n) is 5.95. The van der Waals surface area contributed by atoms with Crippen molar-refractivity contribution in [2.75, 3.05) is 19.8 Å². The van der Waals surface area contributed by atoms with Crippen molar-refractivity contribution < 1.29 is 24.3 Å². The number of amides is 2. The SMILES string of the molecule is CC1COc2cc(C(=O)NO)ccc2CN1C(=O)[C@@H]1CCOC1. The first-order valence-corrected chi connectivity index (χ1v) is 7.68. The number of hydrogen-bond acceptors (Lipinski definition) is 5. The molecule has 2 heterocycles. The molecule has 7 nitrogen and oxygen atoms in total. The summed E-state index contributed by atoms with van der Waals surface area (Å²) in [5, 5.41) is 8.72. The Balaban J connectivity index is 1.83. The lowest BCUT2D eigenvalue weighted by Gasteiger charge is -2.28. The molecule has 0 aliphatic carbocycles. The molecule has 2 atom stereocenters. The average Bonchev–Trinajstić information content (AvgIpc) is 3.05. The van der Waals surface area contributed by atoms with Crippen molar-refractivity contribution in [3.05, 3.63) is 29.3 Å². The van der Waals surface area contributed by atoms with Crippen molar-refractivity contribution in [1.29, 1.82) is 0 Å². The van der Waals surface area contributed by atoms with Crippen LogP contribution < -0.4 is 10.2 Å². The number of ether oxygens (including phenoxy) is 2. The summed E-state index contributed by atoms with van der Waals surface area (Å²) in [7, 11) is 0. The lowest BCUT2D eigenvalue weighted by Crippen LogP contribution is -2.43. The molecular formula is C16H20N2O5. The van der Waals surface area contributed by atoms with Crippen LogP contribution in [0.1, 0.15) is 29.3 Å². The highest BCUT2D eigenvalue weighted by molar-refractivity contribution is 5.93. The van der Waals surface area contributed by atoms with Crippen LogP contribution >= 0.6 is 0 Å². The lowest BCUT2D eigenvalue weighted by atomic mass is 10.0. The number of fused-ring (bicyclic) bond motifs is 1. The highest BCUT2D eigenvalue weighted by atomic mass is 16.5. The quantitative estimate of drug-likeness (QED) is 0.626. The maximum absolute atomic E-state index is 12.7. The van der Waals surface area contributed by atoms with Gasteiger partial charge in [-0.3, -0.25) is 14.8 Å². The van der Waals surface area contributed by atoms with Crippen LogP contribution in [0, 0.1) is 5.92 Å². The average molecular weight is 320 g/mol. The van der Waals surface area contributed by atoms with Gasteiger partial charge in [-0.05, 0) is 25.5 Å². The molecule has 0 bridgehead atoms. The van der Waals surface area contributed by atoms with Gasteiger partial charge in [0.25, 0.3) is 5.91 Å². The monoisotopic (exact) mass is 320 g/mol. The van der Waals surface area contributed by atoms with Crippen LogP contribution in [0.15, 0.2) is 18.2 Å². The Morgan fingerprint density at radius 1 is 1.35 bits per heavy atom. The van der Waals surface area contributed by atoms with Crippen LogP contribution in [0.4, 0.5) is 0 Å². The van der Waals surface area contributed by atoms with Crippen molar-refractivity contribution in [1.82, 2.24) is 10.4 Å². The van der Waals surface area contributed by atoms with Crippen molar-refractivity contribution in [2.24, 2.45) is 5.92 Å².